The lowest BCUT2D eigenvalue weighted by Gasteiger charge is -2.36. The molecule has 1 aromatic heterocycles. The van der Waals surface area contributed by atoms with E-state index < -0.39 is 71.6 Å². The summed E-state index contributed by atoms with van der Waals surface area (Å²) >= 11 is 7.85. The SMILES string of the molecule is CN1CCN(C)CC(Cc2ccc(NC(=S)NCCCCC(NC(=O)Cn3nncc3-c3cccc(NC(=O)NCCCCC(NC(=O)NCCCC(=O)O)C(=O)O)c3)C(=O)CC(CCCCCC(=O)Cc3ccc(I)cc3)C(=O)O)cc2)N(CC(=O)O)CCN(CC(=O)O)CC1.O=C=O.O=C=O.O=C=O. The van der Waals surface area contributed by atoms with Crippen molar-refractivity contribution in [1.82, 2.24) is 61.2 Å². The second kappa shape index (κ2) is 53.6. The van der Waals surface area contributed by atoms with Crippen LogP contribution in [0.25, 0.3) is 11.3 Å². The predicted molar refractivity (Wildman–Crippen MR) is 390 cm³/mol. The molecular weight excluding hydrogens is 1520 g/mol. The van der Waals surface area contributed by atoms with Crippen molar-refractivity contribution in [2.45, 2.75) is 127 Å². The molecule has 1 aliphatic rings. The standard InChI is InChI=1S/C66H93IN14O15S.3CO2/c1-77-30-31-78(2)41-52(80(44-61(89)90)35-34-79(33-32-77)43-60(87)88)36-45-21-25-50(26-22-45)73-66(97)70-28-9-6-16-54(57(83)39-48(62(91)92)12-4-3-5-15-53(82)37-46-19-23-49(67)24-20-46)74-58(84)42-81-56(40-71-76-81)47-13-10-14-51(38-47)72-64(95)68-27-8-7-17-55(63(93)94)75-65(96)69-29-11-18-59(85)86;3*2-1-3/h10,13-14,19-26,38,40,48,52,54-55H,3-9,11-12,15-18,27-37,39,41-44H2,1-2H3,(H,74,84)(H,85,86)(H,87,88)(H,89,90)(H,91,92)(H,93,94)(H2,68,72,95)(H2,69,75,96)(H2,70,73,97);;;. The zero-order valence-corrected chi connectivity index (χ0v) is 62.0. The summed E-state index contributed by atoms with van der Waals surface area (Å²) in [6.07, 6.45) is 6.76. The summed E-state index contributed by atoms with van der Waals surface area (Å²) in [5.41, 5.74) is 3.89. The van der Waals surface area contributed by atoms with E-state index in [1.807, 2.05) is 72.4 Å². The number of aromatic nitrogens is 3. The van der Waals surface area contributed by atoms with Crippen molar-refractivity contribution >= 4 is 129 Å². The quantitative estimate of drug-likeness (QED) is 0.0173. The topological polar surface area (TPSA) is 502 Å². The van der Waals surface area contributed by atoms with Gasteiger partial charge in [-0.2, -0.15) is 28.8 Å². The number of carbonyl (C=O) groups is 10. The van der Waals surface area contributed by atoms with Crippen LogP contribution >= 0.6 is 34.8 Å². The molecule has 37 heteroatoms. The number of nitrogens with zero attached hydrogens (tertiary/aromatic N) is 7. The molecule has 1 aliphatic heterocycles. The van der Waals surface area contributed by atoms with Crippen LogP contribution in [-0.2, 0) is 86.5 Å². The molecule has 1 fully saturated rings. The minimum Gasteiger partial charge on any atom is -0.481 e. The zero-order chi connectivity index (χ0) is 78.8. The largest absolute Gasteiger partial charge is 0.481 e. The fourth-order valence-electron chi connectivity index (χ4n) is 11.0. The van der Waals surface area contributed by atoms with E-state index in [4.69, 9.17) is 46.1 Å². The van der Waals surface area contributed by atoms with Crippen LogP contribution in [0.5, 0.6) is 0 Å². The monoisotopic (exact) mass is 1610 g/mol. The third-order valence-corrected chi connectivity index (χ3v) is 17.3. The van der Waals surface area contributed by atoms with Gasteiger partial charge in [0.1, 0.15) is 18.4 Å². The van der Waals surface area contributed by atoms with Crippen LogP contribution in [0.2, 0.25) is 0 Å². The summed E-state index contributed by atoms with van der Waals surface area (Å²) in [5.74, 6) is -7.34. The maximum absolute atomic E-state index is 14.2. The van der Waals surface area contributed by atoms with Gasteiger partial charge >= 0.3 is 60.4 Å². The van der Waals surface area contributed by atoms with Gasteiger partial charge in [-0.3, -0.25) is 43.4 Å². The number of carboxylic acid groups (broad SMARTS) is 5. The van der Waals surface area contributed by atoms with Crippen LogP contribution in [0, 0.1) is 9.49 Å². The highest BCUT2D eigenvalue weighted by Crippen LogP contribution is 2.24. The highest BCUT2D eigenvalue weighted by Gasteiger charge is 2.29. The molecular formula is C69H93IN14O21S. The van der Waals surface area contributed by atoms with E-state index in [0.29, 0.717) is 131 Å². The third kappa shape index (κ3) is 41.4. The summed E-state index contributed by atoms with van der Waals surface area (Å²) in [5, 5.41) is 76.1. The lowest BCUT2D eigenvalue weighted by atomic mass is 9.91. The van der Waals surface area contributed by atoms with Crippen molar-refractivity contribution in [2.75, 3.05) is 103 Å². The first-order valence-electron chi connectivity index (χ1n) is 33.9. The summed E-state index contributed by atoms with van der Waals surface area (Å²) < 4.78 is 2.39. The number of anilines is 2. The number of hydrogen-bond acceptors (Lipinski definition) is 23. The van der Waals surface area contributed by atoms with E-state index in [1.165, 1.54) is 10.9 Å². The number of nitrogens with one attached hydrogen (secondary N) is 7. The highest BCUT2D eigenvalue weighted by atomic mass is 127. The van der Waals surface area contributed by atoms with Gasteiger partial charge in [-0.25, -0.2) is 19.1 Å². The first kappa shape index (κ1) is 92.0. The normalized spacial score (nSPS) is 14.2. The van der Waals surface area contributed by atoms with Gasteiger partial charge in [0, 0.05) is 118 Å². The Balaban J connectivity index is 0.00000402. The van der Waals surface area contributed by atoms with Crippen molar-refractivity contribution in [2.24, 2.45) is 5.92 Å². The molecule has 2 heterocycles. The van der Waals surface area contributed by atoms with Crippen LogP contribution in [-0.4, -0.2) is 254 Å². The van der Waals surface area contributed by atoms with Crippen LogP contribution in [0.3, 0.4) is 0 Å². The van der Waals surface area contributed by atoms with E-state index >= 15 is 0 Å². The Labute approximate surface area is 630 Å². The number of carboxylic acids is 5. The highest BCUT2D eigenvalue weighted by molar-refractivity contribution is 14.1. The van der Waals surface area contributed by atoms with E-state index in [1.54, 1.807) is 24.3 Å². The molecule has 4 aromatic rings. The number of carbonyl (C=O) groups excluding carboxylic acids is 11. The van der Waals surface area contributed by atoms with E-state index in [-0.39, 0.29) is 102 Å². The predicted octanol–water partition coefficient (Wildman–Crippen LogP) is 3.33. The second-order valence-electron chi connectivity index (χ2n) is 24.6. The van der Waals surface area contributed by atoms with Gasteiger partial charge in [-0.1, -0.05) is 54.5 Å². The molecule has 4 atom stereocenters. The molecule has 5 rings (SSSR count). The molecule has 1 saturated heterocycles. The molecule has 3 aromatic carbocycles. The van der Waals surface area contributed by atoms with Crippen molar-refractivity contribution in [3.05, 3.63) is 93.7 Å². The first-order chi connectivity index (χ1) is 50.6. The van der Waals surface area contributed by atoms with E-state index in [9.17, 15) is 68.4 Å². The number of rotatable bonds is 40. The Morgan fingerprint density at radius 3 is 1.79 bits per heavy atom. The van der Waals surface area contributed by atoms with Crippen LogP contribution in [0.1, 0.15) is 101 Å². The fourth-order valence-corrected chi connectivity index (χ4v) is 11.6. The van der Waals surface area contributed by atoms with Gasteiger partial charge in [0.05, 0.1) is 36.9 Å². The summed E-state index contributed by atoms with van der Waals surface area (Å²) in [4.78, 5) is 182. The fraction of sp³-hybridized carbons (Fsp3) is 0.507. The number of thiocarbonyl (C=S) groups is 1. The molecule has 578 valence electrons. The van der Waals surface area contributed by atoms with Gasteiger partial charge in [0.15, 0.2) is 10.9 Å². The van der Waals surface area contributed by atoms with Crippen LogP contribution in [0.15, 0.2) is 79.0 Å². The number of benzene rings is 3. The minimum absolute atomic E-state index is 0.0582. The Morgan fingerprint density at radius 1 is 0.575 bits per heavy atom. The molecule has 0 radical (unpaired) electrons. The Kier molecular flexibility index (Phi) is 46.5. The molecule has 5 amide bonds. The number of amides is 5. The molecule has 12 N–H and O–H groups in total. The van der Waals surface area contributed by atoms with Gasteiger partial charge in [-0.15, -0.1) is 5.10 Å². The molecule has 106 heavy (non-hydrogen) atoms. The van der Waals surface area contributed by atoms with Gasteiger partial charge in [0.2, 0.25) is 5.91 Å². The zero-order valence-electron chi connectivity index (χ0n) is 59.0. The number of likely N-dealkylation sites (N-methyl/N-ethyl adjacent to an activating group) is 2. The lowest BCUT2D eigenvalue weighted by Crippen LogP contribution is -2.51. The maximum atomic E-state index is 14.2. The summed E-state index contributed by atoms with van der Waals surface area (Å²) in [6.45, 7) is 3.97. The minimum atomic E-state index is -1.25. The number of urea groups is 2. The Morgan fingerprint density at radius 2 is 1.16 bits per heavy atom. The molecule has 0 aliphatic carbocycles. The van der Waals surface area contributed by atoms with Gasteiger partial charge < -0.3 is 72.5 Å². The number of unbranched alkanes of at least 4 members (excludes halogenated alkanes) is 4. The van der Waals surface area contributed by atoms with Gasteiger partial charge in [-0.05, 0) is 161 Å². The smallest absolute Gasteiger partial charge is 0.373 e. The maximum Gasteiger partial charge on any atom is 0.373 e. The number of halogens is 1. The van der Waals surface area contributed by atoms with Crippen LogP contribution < -0.4 is 37.2 Å². The average molecular weight is 1610 g/mol. The number of Topliss-reactive ketones (excluding diaryl/α,β-unsaturated/α-hetero) is 2. The van der Waals surface area contributed by atoms with Crippen LogP contribution in [0.4, 0.5) is 21.0 Å². The average Bonchev–Trinajstić information content (AvgIpc) is 1.74. The first-order valence-corrected chi connectivity index (χ1v) is 35.3. The van der Waals surface area contributed by atoms with Crippen molar-refractivity contribution in [3.8, 4) is 11.3 Å². The van der Waals surface area contributed by atoms with Crippen molar-refractivity contribution < 1.29 is 102 Å². The number of ketones is 2. The summed E-state index contributed by atoms with van der Waals surface area (Å²) in [6, 6.07) is 18.3. The molecule has 4 unspecified atom stereocenters. The Hall–Kier alpha value is -10.1. The van der Waals surface area contributed by atoms with Gasteiger partial charge in [0.25, 0.3) is 0 Å². The number of aliphatic carboxylic acids is 5. The lowest BCUT2D eigenvalue weighted by molar-refractivity contribution is -0.193. The van der Waals surface area contributed by atoms with Crippen molar-refractivity contribution in [1.29, 1.82) is 0 Å². The van der Waals surface area contributed by atoms with E-state index in [0.717, 1.165) is 27.8 Å². The summed E-state index contributed by atoms with van der Waals surface area (Å²) in [7, 11) is 4.02. The third-order valence-electron chi connectivity index (χ3n) is 16.3. The Bertz CT molecular complexity index is 3530. The van der Waals surface area contributed by atoms with Crippen molar-refractivity contribution in [3.63, 3.8) is 0 Å². The number of hydrogen-bond donors (Lipinski definition) is 12. The molecule has 0 spiro atoms. The molecule has 0 bridgehead atoms. The molecule has 0 saturated carbocycles. The second-order valence-corrected chi connectivity index (χ2v) is 26.2. The van der Waals surface area contributed by atoms with E-state index in [2.05, 4.69) is 79.9 Å². The molecule has 35 nitrogen and oxygen atoms in total.